The minimum Gasteiger partial charge on any atom is -0.497 e. The van der Waals surface area contributed by atoms with Gasteiger partial charge in [0, 0.05) is 61.0 Å². The third-order valence-corrected chi connectivity index (χ3v) is 7.31. The van der Waals surface area contributed by atoms with Crippen LogP contribution in [0.25, 0.3) is 16.7 Å². The second-order valence-electron chi connectivity index (χ2n) is 10.6. The predicted molar refractivity (Wildman–Crippen MR) is 145 cm³/mol. The van der Waals surface area contributed by atoms with Crippen molar-refractivity contribution in [2.45, 2.75) is 31.3 Å². The van der Waals surface area contributed by atoms with E-state index >= 15 is 0 Å². The number of ether oxygens (including phenoxy) is 3. The Labute approximate surface area is 215 Å². The van der Waals surface area contributed by atoms with Gasteiger partial charge in [-0.1, -0.05) is 44.2 Å². The highest BCUT2D eigenvalue weighted by Crippen LogP contribution is 2.55. The molecule has 6 nitrogen and oxygen atoms in total. The summed E-state index contributed by atoms with van der Waals surface area (Å²) >= 11 is 0. The molecule has 3 aromatic carbocycles. The van der Waals surface area contributed by atoms with Gasteiger partial charge >= 0.3 is 5.63 Å². The zero-order chi connectivity index (χ0) is 25.9. The largest absolute Gasteiger partial charge is 0.497 e. The van der Waals surface area contributed by atoms with Gasteiger partial charge in [-0.2, -0.15) is 0 Å². The van der Waals surface area contributed by atoms with E-state index in [0.29, 0.717) is 40.6 Å². The third kappa shape index (κ3) is 3.67. The molecule has 0 N–H and O–H groups in total. The summed E-state index contributed by atoms with van der Waals surface area (Å²) in [5, 5.41) is 0.767. The highest BCUT2D eigenvalue weighted by Gasteiger charge is 2.50. The molecule has 0 bridgehead atoms. The molecule has 0 saturated heterocycles. The molecule has 2 aliphatic heterocycles. The molecule has 1 spiro atoms. The number of methoxy groups -OCH3 is 1. The van der Waals surface area contributed by atoms with Gasteiger partial charge in [0.25, 0.3) is 0 Å². The minimum absolute atomic E-state index is 0.368. The number of fused-ring (bicyclic) bond motifs is 5. The molecule has 3 heterocycles. The van der Waals surface area contributed by atoms with Crippen molar-refractivity contribution >= 4 is 22.4 Å². The topological polar surface area (TPSA) is 61.1 Å². The summed E-state index contributed by atoms with van der Waals surface area (Å²) < 4.78 is 24.7. The minimum atomic E-state index is -0.873. The quantitative estimate of drug-likeness (QED) is 0.313. The molecule has 1 aromatic heterocycles. The van der Waals surface area contributed by atoms with Crippen molar-refractivity contribution in [3.05, 3.63) is 99.9 Å². The van der Waals surface area contributed by atoms with E-state index in [1.54, 1.807) is 7.11 Å². The van der Waals surface area contributed by atoms with Crippen LogP contribution >= 0.6 is 0 Å². The fraction of sp³-hybridized carbons (Fsp3) is 0.258. The van der Waals surface area contributed by atoms with Gasteiger partial charge < -0.3 is 23.5 Å². The fourth-order valence-electron chi connectivity index (χ4n) is 5.57. The molecular formula is C31H29NO5. The van der Waals surface area contributed by atoms with Crippen molar-refractivity contribution in [1.82, 2.24) is 0 Å². The number of nitrogens with zero attached hydrogens (tertiary/aromatic N) is 1. The number of hydrogen-bond acceptors (Lipinski definition) is 6. The highest BCUT2D eigenvalue weighted by molar-refractivity contribution is 5.88. The van der Waals surface area contributed by atoms with E-state index in [1.807, 2.05) is 85.7 Å². The molecule has 0 amide bonds. The van der Waals surface area contributed by atoms with Crippen molar-refractivity contribution in [2.75, 3.05) is 26.1 Å². The summed E-state index contributed by atoms with van der Waals surface area (Å²) in [6, 6.07) is 21.6. The van der Waals surface area contributed by atoms with E-state index in [2.05, 4.69) is 19.9 Å². The molecular weight excluding hydrogens is 466 g/mol. The number of anilines is 1. The van der Waals surface area contributed by atoms with Crippen molar-refractivity contribution in [2.24, 2.45) is 0 Å². The maximum atomic E-state index is 13.3. The SMILES string of the molecule is COc1ccc2c(c1)OC(c1ccccc1)=C[C@@]21CC(C)(C)c2c(c3ccc(N(C)C)cc3oc2=O)O1. The zero-order valence-corrected chi connectivity index (χ0v) is 21.6. The number of benzene rings is 3. The average molecular weight is 496 g/mol. The molecule has 4 aromatic rings. The molecule has 0 fully saturated rings. The van der Waals surface area contributed by atoms with Gasteiger partial charge in [-0.3, -0.25) is 0 Å². The summed E-state index contributed by atoms with van der Waals surface area (Å²) in [6.07, 6.45) is 2.58. The first kappa shape index (κ1) is 23.2. The first-order chi connectivity index (χ1) is 17.7. The first-order valence-electron chi connectivity index (χ1n) is 12.3. The van der Waals surface area contributed by atoms with Gasteiger partial charge in [0.1, 0.15) is 28.6 Å². The Morgan fingerprint density at radius 1 is 0.973 bits per heavy atom. The Morgan fingerprint density at radius 3 is 2.49 bits per heavy atom. The molecule has 0 unspecified atom stereocenters. The maximum Gasteiger partial charge on any atom is 0.343 e. The molecule has 37 heavy (non-hydrogen) atoms. The molecule has 6 rings (SSSR count). The maximum absolute atomic E-state index is 13.3. The summed E-state index contributed by atoms with van der Waals surface area (Å²) in [7, 11) is 5.54. The van der Waals surface area contributed by atoms with E-state index in [9.17, 15) is 4.79 Å². The van der Waals surface area contributed by atoms with Crippen LogP contribution < -0.4 is 24.7 Å². The molecule has 0 saturated carbocycles. The highest BCUT2D eigenvalue weighted by atomic mass is 16.5. The van der Waals surface area contributed by atoms with E-state index in [1.165, 1.54) is 0 Å². The van der Waals surface area contributed by atoms with Crippen molar-refractivity contribution in [3.8, 4) is 17.2 Å². The van der Waals surface area contributed by atoms with E-state index < -0.39 is 11.0 Å². The third-order valence-electron chi connectivity index (χ3n) is 7.31. The molecule has 6 heteroatoms. The van der Waals surface area contributed by atoms with Crippen LogP contribution in [0.3, 0.4) is 0 Å². The zero-order valence-electron chi connectivity index (χ0n) is 21.6. The number of rotatable bonds is 3. The van der Waals surface area contributed by atoms with Gasteiger partial charge in [-0.15, -0.1) is 0 Å². The Kier molecular flexibility index (Phi) is 5.13. The Bertz CT molecular complexity index is 1620. The summed E-state index contributed by atoms with van der Waals surface area (Å²) in [5.41, 5.74) is 2.03. The normalized spacial score (nSPS) is 19.3. The Morgan fingerprint density at radius 2 is 1.76 bits per heavy atom. The molecule has 188 valence electrons. The predicted octanol–water partition coefficient (Wildman–Crippen LogP) is 6.26. The molecule has 0 radical (unpaired) electrons. The van der Waals surface area contributed by atoms with Crippen LogP contribution in [-0.4, -0.2) is 21.2 Å². The first-order valence-corrected chi connectivity index (χ1v) is 12.3. The van der Waals surface area contributed by atoms with E-state index in [0.717, 1.165) is 22.2 Å². The van der Waals surface area contributed by atoms with Crippen LogP contribution in [0.15, 0.2) is 82.0 Å². The van der Waals surface area contributed by atoms with Crippen molar-refractivity contribution < 1.29 is 18.6 Å². The van der Waals surface area contributed by atoms with Crippen LogP contribution in [0.5, 0.6) is 17.2 Å². The molecule has 1 atom stereocenters. The lowest BCUT2D eigenvalue weighted by molar-refractivity contribution is 0.0540. The Balaban J connectivity index is 1.63. The molecule has 0 aliphatic carbocycles. The fourth-order valence-corrected chi connectivity index (χ4v) is 5.57. The summed E-state index contributed by atoms with van der Waals surface area (Å²) in [6.45, 7) is 4.14. The average Bonchev–Trinajstić information content (AvgIpc) is 2.87. The Hall–Kier alpha value is -4.19. The van der Waals surface area contributed by atoms with Gasteiger partial charge in [-0.05, 0) is 24.3 Å². The summed E-state index contributed by atoms with van der Waals surface area (Å²) in [5.74, 6) is 2.62. The lowest BCUT2D eigenvalue weighted by Crippen LogP contribution is -2.46. The van der Waals surface area contributed by atoms with Crippen LogP contribution in [0.2, 0.25) is 0 Å². The lowest BCUT2D eigenvalue weighted by atomic mass is 9.69. The van der Waals surface area contributed by atoms with Gasteiger partial charge in [0.05, 0.1) is 18.1 Å². The monoisotopic (exact) mass is 495 g/mol. The van der Waals surface area contributed by atoms with Crippen molar-refractivity contribution in [1.29, 1.82) is 0 Å². The molecule has 2 aliphatic rings. The van der Waals surface area contributed by atoms with Gasteiger partial charge in [0.2, 0.25) is 0 Å². The lowest BCUT2D eigenvalue weighted by Gasteiger charge is -2.46. The van der Waals surface area contributed by atoms with E-state index in [-0.39, 0.29) is 5.63 Å². The van der Waals surface area contributed by atoms with Gasteiger partial charge in [-0.25, -0.2) is 4.79 Å². The van der Waals surface area contributed by atoms with Crippen molar-refractivity contribution in [3.63, 3.8) is 0 Å². The van der Waals surface area contributed by atoms with Crippen LogP contribution in [-0.2, 0) is 11.0 Å². The summed E-state index contributed by atoms with van der Waals surface area (Å²) in [4.78, 5) is 15.3. The van der Waals surface area contributed by atoms with Crippen LogP contribution in [0.1, 0.15) is 37.0 Å². The van der Waals surface area contributed by atoms with E-state index in [4.69, 9.17) is 18.6 Å². The number of hydrogen-bond donors (Lipinski definition) is 0. The smallest absolute Gasteiger partial charge is 0.343 e. The second-order valence-corrected chi connectivity index (χ2v) is 10.6. The van der Waals surface area contributed by atoms with Crippen LogP contribution in [0.4, 0.5) is 5.69 Å². The van der Waals surface area contributed by atoms with Crippen LogP contribution in [0, 0.1) is 0 Å². The second kappa shape index (κ2) is 8.17. The van der Waals surface area contributed by atoms with Gasteiger partial charge in [0.15, 0.2) is 5.60 Å². The standard InChI is InChI=1S/C31H29NO5/c1-30(2)18-31(37-28-22-13-11-20(32(3)4)15-24(22)36-29(33)27(28)30)17-26(19-9-7-6-8-10-19)35-25-16-21(34-5)12-14-23(25)31/h6-17H,18H2,1-5H3/t31-/m1/s1.